The molecule has 1 rings (SSSR count). The fraction of sp³-hybridized carbons (Fsp3) is 0.286. The summed E-state index contributed by atoms with van der Waals surface area (Å²) in [6.07, 6.45) is 3.10. The first-order valence-corrected chi connectivity index (χ1v) is 2.23. The first-order valence-electron chi connectivity index (χ1n) is 2.23. The third-order valence-electron chi connectivity index (χ3n) is 0.576. The summed E-state index contributed by atoms with van der Waals surface area (Å²) in [6, 6.07) is 0. The van der Waals surface area contributed by atoms with Crippen molar-refractivity contribution < 1.29 is 9.53 Å². The van der Waals surface area contributed by atoms with Crippen molar-refractivity contribution in [2.75, 3.05) is 6.61 Å². The standard InChI is InChI=1S/C4H4O2.C2H4.CH4/c5-4-2-1-3-6-4;1-2;/h1-2H,3H2;1-2H2;1H4. The Morgan fingerprint density at radius 1 is 1.56 bits per heavy atom. The van der Waals surface area contributed by atoms with Crippen LogP contribution in [0.1, 0.15) is 7.43 Å². The lowest BCUT2D eigenvalue weighted by atomic mass is 10.6. The Bertz CT molecular complexity index is 105. The van der Waals surface area contributed by atoms with E-state index in [4.69, 9.17) is 0 Å². The van der Waals surface area contributed by atoms with Crippen molar-refractivity contribution in [3.63, 3.8) is 0 Å². The second-order valence-electron chi connectivity index (χ2n) is 1.03. The number of carbonyl (C=O) groups excluding carboxylic acids is 1. The third-order valence-corrected chi connectivity index (χ3v) is 0.576. The number of ether oxygens (including phenoxy) is 1. The van der Waals surface area contributed by atoms with Gasteiger partial charge in [-0.25, -0.2) is 4.79 Å². The molecule has 0 aromatic carbocycles. The molecule has 2 nitrogen and oxygen atoms in total. The number of cyclic esters (lactones) is 1. The Balaban J connectivity index is 0. The molecule has 2 heteroatoms. The monoisotopic (exact) mass is 128 g/mol. The van der Waals surface area contributed by atoms with Crippen LogP contribution >= 0.6 is 0 Å². The summed E-state index contributed by atoms with van der Waals surface area (Å²) in [5, 5.41) is 0. The second kappa shape index (κ2) is 6.95. The molecule has 0 N–H and O–H groups in total. The van der Waals surface area contributed by atoms with E-state index in [0.29, 0.717) is 6.61 Å². The predicted molar refractivity (Wildman–Crippen MR) is 38.1 cm³/mol. The number of carbonyl (C=O) groups is 1. The number of rotatable bonds is 0. The van der Waals surface area contributed by atoms with Gasteiger partial charge in [0.1, 0.15) is 6.61 Å². The lowest BCUT2D eigenvalue weighted by Crippen LogP contribution is -1.89. The van der Waals surface area contributed by atoms with E-state index in [1.54, 1.807) is 6.08 Å². The van der Waals surface area contributed by atoms with Gasteiger partial charge in [0.05, 0.1) is 0 Å². The third kappa shape index (κ3) is 4.81. The molecule has 0 fully saturated rings. The Labute approximate surface area is 55.8 Å². The van der Waals surface area contributed by atoms with Crippen molar-refractivity contribution in [2.24, 2.45) is 0 Å². The lowest BCUT2D eigenvalue weighted by molar-refractivity contribution is -0.134. The van der Waals surface area contributed by atoms with Crippen molar-refractivity contribution in [1.29, 1.82) is 0 Å². The molecule has 1 aliphatic rings. The van der Waals surface area contributed by atoms with E-state index in [2.05, 4.69) is 17.9 Å². The number of hydrogen-bond acceptors (Lipinski definition) is 2. The number of esters is 1. The van der Waals surface area contributed by atoms with Gasteiger partial charge < -0.3 is 4.74 Å². The summed E-state index contributed by atoms with van der Waals surface area (Å²) in [5.41, 5.74) is 0. The maximum Gasteiger partial charge on any atom is 0.330 e. The summed E-state index contributed by atoms with van der Waals surface area (Å²) < 4.78 is 4.40. The normalized spacial score (nSPS) is 12.7. The summed E-state index contributed by atoms with van der Waals surface area (Å²) in [6.45, 7) is 6.46. The molecule has 0 amide bonds. The van der Waals surface area contributed by atoms with Gasteiger partial charge in [-0.1, -0.05) is 7.43 Å². The molecule has 1 heterocycles. The van der Waals surface area contributed by atoms with E-state index >= 15 is 0 Å². The Morgan fingerprint density at radius 2 is 2.11 bits per heavy atom. The average Bonchev–Trinajstić information content (AvgIpc) is 2.24. The molecule has 0 bridgehead atoms. The first kappa shape index (κ1) is 10.8. The van der Waals surface area contributed by atoms with Gasteiger partial charge in [0.25, 0.3) is 0 Å². The van der Waals surface area contributed by atoms with Crippen LogP contribution in [0.5, 0.6) is 0 Å². The smallest absolute Gasteiger partial charge is 0.330 e. The molecule has 9 heavy (non-hydrogen) atoms. The second-order valence-corrected chi connectivity index (χ2v) is 1.03. The highest BCUT2D eigenvalue weighted by atomic mass is 16.5. The van der Waals surface area contributed by atoms with E-state index in [9.17, 15) is 4.79 Å². The molecule has 0 unspecified atom stereocenters. The van der Waals surface area contributed by atoms with Gasteiger partial charge in [0.15, 0.2) is 0 Å². The fourth-order valence-electron chi connectivity index (χ4n) is 0.323. The molecule has 0 saturated carbocycles. The van der Waals surface area contributed by atoms with Crippen LogP contribution < -0.4 is 0 Å². The van der Waals surface area contributed by atoms with E-state index in [-0.39, 0.29) is 13.4 Å². The van der Waals surface area contributed by atoms with Gasteiger partial charge >= 0.3 is 5.97 Å². The molecule has 0 atom stereocenters. The molecule has 52 valence electrons. The SMILES string of the molecule is C.C=C.O=C1C=CCO1. The average molecular weight is 128 g/mol. The zero-order chi connectivity index (χ0) is 6.41. The van der Waals surface area contributed by atoms with E-state index in [1.165, 1.54) is 6.08 Å². The minimum absolute atomic E-state index is 0. The van der Waals surface area contributed by atoms with E-state index < -0.39 is 0 Å². The molecule has 0 aromatic heterocycles. The molecule has 0 spiro atoms. The van der Waals surface area contributed by atoms with Crippen LogP contribution in [0.4, 0.5) is 0 Å². The minimum Gasteiger partial charge on any atom is -0.458 e. The fourth-order valence-corrected chi connectivity index (χ4v) is 0.323. The maximum atomic E-state index is 9.93. The zero-order valence-corrected chi connectivity index (χ0v) is 4.59. The van der Waals surface area contributed by atoms with Crippen molar-refractivity contribution in [1.82, 2.24) is 0 Å². The molecule has 0 saturated heterocycles. The van der Waals surface area contributed by atoms with Crippen molar-refractivity contribution >= 4 is 5.97 Å². The maximum absolute atomic E-state index is 9.93. The van der Waals surface area contributed by atoms with Crippen molar-refractivity contribution in [2.45, 2.75) is 7.43 Å². The van der Waals surface area contributed by atoms with Crippen LogP contribution in [0.3, 0.4) is 0 Å². The quantitative estimate of drug-likeness (QED) is 0.365. The van der Waals surface area contributed by atoms with Crippen LogP contribution in [0.25, 0.3) is 0 Å². The van der Waals surface area contributed by atoms with Gasteiger partial charge in [-0.15, -0.1) is 13.2 Å². The minimum atomic E-state index is -0.227. The summed E-state index contributed by atoms with van der Waals surface area (Å²) in [7, 11) is 0. The molecule has 0 radical (unpaired) electrons. The van der Waals surface area contributed by atoms with Crippen LogP contribution in [0, 0.1) is 0 Å². The first-order chi connectivity index (χ1) is 3.89. The van der Waals surface area contributed by atoms with Gasteiger partial charge in [-0.2, -0.15) is 0 Å². The molecule has 0 aromatic rings. The Hall–Kier alpha value is -1.05. The Morgan fingerprint density at radius 3 is 2.22 bits per heavy atom. The zero-order valence-electron chi connectivity index (χ0n) is 4.59. The van der Waals surface area contributed by atoms with Crippen molar-refractivity contribution in [3.8, 4) is 0 Å². The molecule has 0 aliphatic carbocycles. The summed E-state index contributed by atoms with van der Waals surface area (Å²) >= 11 is 0. The van der Waals surface area contributed by atoms with Gasteiger partial charge in [-0.3, -0.25) is 0 Å². The van der Waals surface area contributed by atoms with Gasteiger partial charge in [-0.05, 0) is 6.08 Å². The van der Waals surface area contributed by atoms with E-state index in [1.807, 2.05) is 0 Å². The molecular formula is C7H12O2. The number of hydrogen-bond donors (Lipinski definition) is 0. The van der Waals surface area contributed by atoms with Crippen LogP contribution in [0.2, 0.25) is 0 Å². The largest absolute Gasteiger partial charge is 0.458 e. The van der Waals surface area contributed by atoms with Crippen molar-refractivity contribution in [3.05, 3.63) is 25.3 Å². The highest BCUT2D eigenvalue weighted by molar-refractivity contribution is 5.83. The summed E-state index contributed by atoms with van der Waals surface area (Å²) in [5.74, 6) is -0.227. The highest BCUT2D eigenvalue weighted by Gasteiger charge is 1.98. The van der Waals surface area contributed by atoms with E-state index in [0.717, 1.165) is 0 Å². The van der Waals surface area contributed by atoms with Gasteiger partial charge in [0.2, 0.25) is 0 Å². The molecule has 1 aliphatic heterocycles. The molecular weight excluding hydrogens is 116 g/mol. The van der Waals surface area contributed by atoms with Crippen LogP contribution in [-0.4, -0.2) is 12.6 Å². The predicted octanol–water partition coefficient (Wildman–Crippen LogP) is 1.54. The lowest BCUT2D eigenvalue weighted by Gasteiger charge is -1.81. The van der Waals surface area contributed by atoms with Crippen LogP contribution in [0.15, 0.2) is 25.3 Å². The van der Waals surface area contributed by atoms with Crippen LogP contribution in [-0.2, 0) is 9.53 Å². The highest BCUT2D eigenvalue weighted by Crippen LogP contribution is 1.89. The topological polar surface area (TPSA) is 26.3 Å². The summed E-state index contributed by atoms with van der Waals surface area (Å²) in [4.78, 5) is 9.93. The Kier molecular flexibility index (Phi) is 8.38. The van der Waals surface area contributed by atoms with Gasteiger partial charge in [0, 0.05) is 6.08 Å².